The number of rotatable bonds is 3. The first-order valence-electron chi connectivity index (χ1n) is 8.95. The Balaban J connectivity index is 1.64. The number of alkyl halides is 6. The largest absolute Gasteiger partial charge is 0.418 e. The molecule has 0 fully saturated rings. The first-order valence-corrected chi connectivity index (χ1v) is 9.33. The van der Waals surface area contributed by atoms with Gasteiger partial charge in [-0.2, -0.15) is 31.6 Å². The molecule has 4 rings (SSSR count). The summed E-state index contributed by atoms with van der Waals surface area (Å²) in [5.74, 6) is -0.114. The van der Waals surface area contributed by atoms with Crippen molar-refractivity contribution in [3.05, 3.63) is 69.9 Å². The lowest BCUT2D eigenvalue weighted by atomic mass is 10.0. The molecule has 0 bridgehead atoms. The van der Waals surface area contributed by atoms with Crippen molar-refractivity contribution in [1.29, 1.82) is 5.26 Å². The number of benzene rings is 2. The summed E-state index contributed by atoms with van der Waals surface area (Å²) >= 11 is 5.61. The van der Waals surface area contributed by atoms with Gasteiger partial charge in [0.1, 0.15) is 0 Å². The average Bonchev–Trinajstić information content (AvgIpc) is 3.33. The maximum absolute atomic E-state index is 13.5. The number of nitrogens with one attached hydrogen (secondary N) is 1. The zero-order valence-electron chi connectivity index (χ0n) is 15.7. The third kappa shape index (κ3) is 3.99. The highest BCUT2D eigenvalue weighted by molar-refractivity contribution is 6.31. The van der Waals surface area contributed by atoms with Crippen LogP contribution in [0.25, 0.3) is 10.9 Å². The summed E-state index contributed by atoms with van der Waals surface area (Å²) in [5.41, 5.74) is 0.217. The van der Waals surface area contributed by atoms with Crippen LogP contribution in [0.3, 0.4) is 0 Å². The molecule has 32 heavy (non-hydrogen) atoms. The van der Waals surface area contributed by atoms with Crippen molar-refractivity contribution < 1.29 is 31.2 Å². The summed E-state index contributed by atoms with van der Waals surface area (Å²) < 4.78 is 81.1. The molecule has 1 unspecified atom stereocenters. The lowest BCUT2D eigenvalue weighted by Crippen LogP contribution is -2.26. The highest BCUT2D eigenvalue weighted by Gasteiger charge is 2.37. The van der Waals surface area contributed by atoms with Gasteiger partial charge < -0.3 is 9.40 Å². The highest BCUT2D eigenvalue weighted by atomic mass is 35.5. The third-order valence-corrected chi connectivity index (χ3v) is 5.14. The Morgan fingerprint density at radius 2 is 1.84 bits per heavy atom. The van der Waals surface area contributed by atoms with E-state index in [0.29, 0.717) is 0 Å². The Bertz CT molecular complexity index is 1270. The van der Waals surface area contributed by atoms with Crippen LogP contribution in [0.15, 0.2) is 47.6 Å². The second-order valence-electron chi connectivity index (χ2n) is 6.86. The van der Waals surface area contributed by atoms with Crippen LogP contribution in [0.1, 0.15) is 22.3 Å². The molecular weight excluding hydrogens is 462 g/mol. The lowest BCUT2D eigenvalue weighted by molar-refractivity contribution is -0.138. The van der Waals surface area contributed by atoms with Gasteiger partial charge in [0, 0.05) is 22.7 Å². The molecule has 0 radical (unpaired) electrons. The second-order valence-corrected chi connectivity index (χ2v) is 7.27. The maximum Gasteiger partial charge on any atom is 0.418 e. The summed E-state index contributed by atoms with van der Waals surface area (Å²) in [4.78, 5) is 9.36. The normalized spacial score (nSPS) is 16.7. The number of hydroxylamine groups is 1. The van der Waals surface area contributed by atoms with Gasteiger partial charge in [-0.05, 0) is 36.4 Å². The fourth-order valence-corrected chi connectivity index (χ4v) is 3.65. The summed E-state index contributed by atoms with van der Waals surface area (Å²) in [6.07, 6.45) is -8.76. The van der Waals surface area contributed by atoms with E-state index in [9.17, 15) is 26.3 Å². The smallest absolute Gasteiger partial charge is 0.386 e. The van der Waals surface area contributed by atoms with Crippen molar-refractivity contribution in [2.24, 2.45) is 4.99 Å². The molecule has 12 heteroatoms. The minimum atomic E-state index is -4.72. The van der Waals surface area contributed by atoms with E-state index in [1.54, 1.807) is 6.07 Å². The van der Waals surface area contributed by atoms with Crippen molar-refractivity contribution in [1.82, 2.24) is 10.0 Å². The first-order chi connectivity index (χ1) is 15.0. The first kappa shape index (κ1) is 22.0. The zero-order chi connectivity index (χ0) is 23.3. The van der Waals surface area contributed by atoms with E-state index < -0.39 is 40.2 Å². The van der Waals surface area contributed by atoms with Gasteiger partial charge in [0.25, 0.3) is 0 Å². The van der Waals surface area contributed by atoms with E-state index in [4.69, 9.17) is 21.7 Å². The molecular formula is C20H11ClF6N4O. The SMILES string of the molecule is N#Cc1ccc2c(ccn2CC2N=C(c3ccc(Cl)c(C(F)(F)F)c3)ON2)c1C(F)(F)F. The lowest BCUT2D eigenvalue weighted by Gasteiger charge is -2.12. The standard InChI is InChI=1S/C20H11ClF6N4O/c21-14-3-1-10(7-13(14)19(22,23)24)18-29-16(30-32-18)9-31-6-5-12-15(31)4-2-11(8-28)17(12)20(25,26)27/h1-7,16,30H,9H2. The molecule has 0 spiro atoms. The van der Waals surface area contributed by atoms with Crippen LogP contribution < -0.4 is 5.48 Å². The van der Waals surface area contributed by atoms with Crippen molar-refractivity contribution in [3.8, 4) is 6.07 Å². The van der Waals surface area contributed by atoms with E-state index >= 15 is 0 Å². The zero-order valence-corrected chi connectivity index (χ0v) is 16.5. The monoisotopic (exact) mass is 472 g/mol. The van der Waals surface area contributed by atoms with Gasteiger partial charge in [0.15, 0.2) is 6.17 Å². The molecule has 0 aliphatic carbocycles. The fourth-order valence-electron chi connectivity index (χ4n) is 3.42. The number of aliphatic imine (C=N–C) groups is 1. The minimum Gasteiger partial charge on any atom is -0.386 e. The molecule has 2 heterocycles. The van der Waals surface area contributed by atoms with Crippen LogP contribution in [0, 0.1) is 11.3 Å². The Hall–Kier alpha value is -3.23. The molecule has 0 saturated carbocycles. The van der Waals surface area contributed by atoms with E-state index in [1.165, 1.54) is 29.0 Å². The predicted octanol–water partition coefficient (Wildman–Crippen LogP) is 5.51. The summed E-state index contributed by atoms with van der Waals surface area (Å²) in [5, 5.41) is 8.40. The second kappa shape index (κ2) is 7.72. The van der Waals surface area contributed by atoms with Gasteiger partial charge in [-0.15, -0.1) is 5.48 Å². The van der Waals surface area contributed by atoms with Crippen LogP contribution in [0.2, 0.25) is 5.02 Å². The van der Waals surface area contributed by atoms with E-state index in [0.717, 1.165) is 18.2 Å². The fraction of sp³-hybridized carbons (Fsp3) is 0.200. The predicted molar refractivity (Wildman–Crippen MR) is 103 cm³/mol. The summed E-state index contributed by atoms with van der Waals surface area (Å²) in [6, 6.07) is 8.45. The Labute approximate surface area is 181 Å². The van der Waals surface area contributed by atoms with Crippen LogP contribution in [0.5, 0.6) is 0 Å². The third-order valence-electron chi connectivity index (χ3n) is 4.81. The van der Waals surface area contributed by atoms with Crippen LogP contribution in [-0.4, -0.2) is 16.6 Å². The molecule has 166 valence electrons. The molecule has 3 aromatic rings. The van der Waals surface area contributed by atoms with Gasteiger partial charge >= 0.3 is 12.4 Å². The quantitative estimate of drug-likeness (QED) is 0.511. The van der Waals surface area contributed by atoms with Crippen molar-refractivity contribution in [2.45, 2.75) is 25.1 Å². The number of aromatic nitrogens is 1. The van der Waals surface area contributed by atoms with E-state index in [1.807, 2.05) is 0 Å². The van der Waals surface area contributed by atoms with Gasteiger partial charge in [-0.25, -0.2) is 4.99 Å². The van der Waals surface area contributed by atoms with Gasteiger partial charge in [-0.1, -0.05) is 11.6 Å². The Kier molecular flexibility index (Phi) is 5.30. The molecule has 1 aliphatic heterocycles. The number of nitrogens with zero attached hydrogens (tertiary/aromatic N) is 3. The topological polar surface area (TPSA) is 62.3 Å². The number of hydrogen-bond acceptors (Lipinski definition) is 4. The Morgan fingerprint density at radius 1 is 1.09 bits per heavy atom. The van der Waals surface area contributed by atoms with E-state index in [2.05, 4.69) is 10.5 Å². The number of nitriles is 1. The van der Waals surface area contributed by atoms with Gasteiger partial charge in [0.2, 0.25) is 5.90 Å². The molecule has 1 N–H and O–H groups in total. The van der Waals surface area contributed by atoms with Crippen LogP contribution >= 0.6 is 11.6 Å². The molecule has 1 atom stereocenters. The van der Waals surface area contributed by atoms with Crippen molar-refractivity contribution >= 4 is 28.4 Å². The Morgan fingerprint density at radius 3 is 2.50 bits per heavy atom. The average molecular weight is 473 g/mol. The molecule has 5 nitrogen and oxygen atoms in total. The number of hydrogen-bond donors (Lipinski definition) is 1. The summed E-state index contributed by atoms with van der Waals surface area (Å²) in [7, 11) is 0. The molecule has 0 amide bonds. The summed E-state index contributed by atoms with van der Waals surface area (Å²) in [6.45, 7) is 0.0237. The highest BCUT2D eigenvalue weighted by Crippen LogP contribution is 2.38. The maximum atomic E-state index is 13.5. The van der Waals surface area contributed by atoms with Crippen molar-refractivity contribution in [2.75, 3.05) is 0 Å². The molecule has 1 aromatic heterocycles. The van der Waals surface area contributed by atoms with Crippen LogP contribution in [0.4, 0.5) is 26.3 Å². The number of halogens is 7. The number of fused-ring (bicyclic) bond motifs is 1. The molecule has 0 saturated heterocycles. The molecule has 2 aromatic carbocycles. The van der Waals surface area contributed by atoms with Gasteiger partial charge in [-0.3, -0.25) is 0 Å². The van der Waals surface area contributed by atoms with Crippen LogP contribution in [-0.2, 0) is 23.7 Å². The van der Waals surface area contributed by atoms with Gasteiger partial charge in [0.05, 0.1) is 34.3 Å². The van der Waals surface area contributed by atoms with E-state index in [-0.39, 0.29) is 28.9 Å². The van der Waals surface area contributed by atoms with Crippen molar-refractivity contribution in [3.63, 3.8) is 0 Å². The minimum absolute atomic E-state index is 0.0237. The molecule has 1 aliphatic rings.